The van der Waals surface area contributed by atoms with E-state index in [2.05, 4.69) is 10.5 Å². The molecule has 1 N–H and O–H groups in total. The SMILES string of the molecule is COc1ccc(S(=O)(=O)N2CCCCCC2)cc1C(=O)NCc1c(C)noc1C. The molecular formula is C20H27N3O5S. The summed E-state index contributed by atoms with van der Waals surface area (Å²) in [4.78, 5) is 12.9. The lowest BCUT2D eigenvalue weighted by molar-refractivity contribution is 0.0947. The van der Waals surface area contributed by atoms with Crippen molar-refractivity contribution in [2.75, 3.05) is 20.2 Å². The van der Waals surface area contributed by atoms with Crippen LogP contribution in [0.3, 0.4) is 0 Å². The van der Waals surface area contributed by atoms with Gasteiger partial charge in [0.1, 0.15) is 11.5 Å². The number of rotatable bonds is 6. The molecule has 1 aliphatic rings. The van der Waals surface area contributed by atoms with Crippen LogP contribution < -0.4 is 10.1 Å². The predicted molar refractivity (Wildman–Crippen MR) is 107 cm³/mol. The van der Waals surface area contributed by atoms with Crippen LogP contribution in [-0.4, -0.2) is 44.0 Å². The lowest BCUT2D eigenvalue weighted by Crippen LogP contribution is -2.32. The highest BCUT2D eigenvalue weighted by Gasteiger charge is 2.27. The Kier molecular flexibility index (Phi) is 6.59. The number of nitrogens with one attached hydrogen (secondary N) is 1. The number of aromatic nitrogens is 1. The van der Waals surface area contributed by atoms with Crippen LogP contribution in [0.1, 0.15) is 53.1 Å². The highest BCUT2D eigenvalue weighted by atomic mass is 32.2. The second-order valence-corrected chi connectivity index (χ2v) is 9.10. The van der Waals surface area contributed by atoms with Crippen LogP contribution in [0.2, 0.25) is 0 Å². The van der Waals surface area contributed by atoms with Crippen molar-refractivity contribution >= 4 is 15.9 Å². The highest BCUT2D eigenvalue weighted by molar-refractivity contribution is 7.89. The first-order valence-electron chi connectivity index (χ1n) is 9.72. The average molecular weight is 422 g/mol. The maximum atomic E-state index is 13.1. The summed E-state index contributed by atoms with van der Waals surface area (Å²) in [5.41, 5.74) is 1.67. The van der Waals surface area contributed by atoms with Crippen molar-refractivity contribution in [3.8, 4) is 5.75 Å². The van der Waals surface area contributed by atoms with E-state index in [4.69, 9.17) is 9.26 Å². The Balaban J connectivity index is 1.85. The average Bonchev–Trinajstić information content (AvgIpc) is 2.92. The van der Waals surface area contributed by atoms with Crippen molar-refractivity contribution in [2.45, 2.75) is 51.0 Å². The number of nitrogens with zero attached hydrogens (tertiary/aromatic N) is 2. The lowest BCUT2D eigenvalue weighted by Gasteiger charge is -2.20. The molecule has 0 saturated carbocycles. The van der Waals surface area contributed by atoms with Gasteiger partial charge in [0.25, 0.3) is 5.91 Å². The fraction of sp³-hybridized carbons (Fsp3) is 0.500. The summed E-state index contributed by atoms with van der Waals surface area (Å²) < 4.78 is 38.1. The van der Waals surface area contributed by atoms with E-state index in [0.717, 1.165) is 31.2 Å². The number of hydrogen-bond acceptors (Lipinski definition) is 6. The molecule has 2 aromatic rings. The molecule has 8 nitrogen and oxygen atoms in total. The fourth-order valence-electron chi connectivity index (χ4n) is 3.47. The molecule has 1 aliphatic heterocycles. The van der Waals surface area contributed by atoms with Gasteiger partial charge in [-0.1, -0.05) is 18.0 Å². The Hall–Kier alpha value is -2.39. The van der Waals surface area contributed by atoms with Crippen molar-refractivity contribution in [3.05, 3.63) is 40.8 Å². The number of benzene rings is 1. The summed E-state index contributed by atoms with van der Waals surface area (Å²) in [6.07, 6.45) is 3.76. The molecule has 1 amide bonds. The van der Waals surface area contributed by atoms with Crippen LogP contribution in [0, 0.1) is 13.8 Å². The van der Waals surface area contributed by atoms with Crippen molar-refractivity contribution in [1.29, 1.82) is 0 Å². The van der Waals surface area contributed by atoms with E-state index < -0.39 is 15.9 Å². The topological polar surface area (TPSA) is 102 Å². The molecular weight excluding hydrogens is 394 g/mol. The molecule has 1 saturated heterocycles. The van der Waals surface area contributed by atoms with Gasteiger partial charge in [0.2, 0.25) is 10.0 Å². The standard InChI is InChI=1S/C20H27N3O5S/c1-14-18(15(2)28-22-14)13-21-20(24)17-12-16(8-9-19(17)27-3)29(25,26)23-10-6-4-5-7-11-23/h8-9,12H,4-7,10-11,13H2,1-3H3,(H,21,24). The van der Waals surface area contributed by atoms with Crippen molar-refractivity contribution in [1.82, 2.24) is 14.8 Å². The normalized spacial score (nSPS) is 15.7. The van der Waals surface area contributed by atoms with E-state index in [0.29, 0.717) is 30.3 Å². The highest BCUT2D eigenvalue weighted by Crippen LogP contribution is 2.26. The molecule has 158 valence electrons. The van der Waals surface area contributed by atoms with Crippen LogP contribution >= 0.6 is 0 Å². The third-order valence-electron chi connectivity index (χ3n) is 5.23. The Morgan fingerprint density at radius 2 is 1.90 bits per heavy atom. The monoisotopic (exact) mass is 421 g/mol. The van der Waals surface area contributed by atoms with Gasteiger partial charge >= 0.3 is 0 Å². The molecule has 1 fully saturated rings. The zero-order chi connectivity index (χ0) is 21.0. The minimum Gasteiger partial charge on any atom is -0.496 e. The summed E-state index contributed by atoms with van der Waals surface area (Å²) in [6.45, 7) is 4.81. The number of carbonyl (C=O) groups is 1. The van der Waals surface area contributed by atoms with Gasteiger partial charge in [-0.15, -0.1) is 0 Å². The third kappa shape index (κ3) is 4.62. The molecule has 0 aliphatic carbocycles. The van der Waals surface area contributed by atoms with E-state index in [-0.39, 0.29) is 17.0 Å². The minimum absolute atomic E-state index is 0.0997. The van der Waals surface area contributed by atoms with E-state index in [1.54, 1.807) is 13.8 Å². The van der Waals surface area contributed by atoms with E-state index in [1.807, 2.05) is 0 Å². The second-order valence-electron chi connectivity index (χ2n) is 7.17. The molecule has 0 unspecified atom stereocenters. The summed E-state index contributed by atoms with van der Waals surface area (Å²) >= 11 is 0. The number of methoxy groups -OCH3 is 1. The van der Waals surface area contributed by atoms with Crippen LogP contribution in [0.25, 0.3) is 0 Å². The molecule has 2 heterocycles. The molecule has 0 atom stereocenters. The summed E-state index contributed by atoms with van der Waals surface area (Å²) in [5.74, 6) is 0.526. The molecule has 0 bridgehead atoms. The van der Waals surface area contributed by atoms with Gasteiger partial charge < -0.3 is 14.6 Å². The zero-order valence-corrected chi connectivity index (χ0v) is 17.8. The Bertz CT molecular complexity index is 956. The van der Waals surface area contributed by atoms with E-state index >= 15 is 0 Å². The molecule has 1 aromatic heterocycles. The van der Waals surface area contributed by atoms with Crippen molar-refractivity contribution in [2.24, 2.45) is 0 Å². The van der Waals surface area contributed by atoms with Gasteiger partial charge in [0.05, 0.1) is 23.3 Å². The first-order valence-corrected chi connectivity index (χ1v) is 11.2. The smallest absolute Gasteiger partial charge is 0.255 e. The number of ether oxygens (including phenoxy) is 1. The molecule has 0 radical (unpaired) electrons. The quantitative estimate of drug-likeness (QED) is 0.770. The van der Waals surface area contributed by atoms with Crippen LogP contribution in [0.4, 0.5) is 0 Å². The first kappa shape index (κ1) is 21.3. The zero-order valence-electron chi connectivity index (χ0n) is 17.0. The molecule has 3 rings (SSSR count). The molecule has 9 heteroatoms. The molecule has 1 aromatic carbocycles. The summed E-state index contributed by atoms with van der Waals surface area (Å²) in [7, 11) is -2.22. The van der Waals surface area contributed by atoms with E-state index in [1.165, 1.54) is 29.6 Å². The Morgan fingerprint density at radius 1 is 1.21 bits per heavy atom. The largest absolute Gasteiger partial charge is 0.496 e. The molecule has 0 spiro atoms. The van der Waals surface area contributed by atoms with E-state index in [9.17, 15) is 13.2 Å². The minimum atomic E-state index is -3.67. The number of aryl methyl sites for hydroxylation is 2. The van der Waals surface area contributed by atoms with Gasteiger partial charge in [-0.05, 0) is 44.9 Å². The summed E-state index contributed by atoms with van der Waals surface area (Å²) in [6, 6.07) is 4.40. The van der Waals surface area contributed by atoms with Crippen molar-refractivity contribution < 1.29 is 22.5 Å². The predicted octanol–water partition coefficient (Wildman–Crippen LogP) is 2.79. The lowest BCUT2D eigenvalue weighted by atomic mass is 10.1. The number of hydrogen-bond donors (Lipinski definition) is 1. The maximum absolute atomic E-state index is 13.1. The van der Waals surface area contributed by atoms with Gasteiger partial charge in [0, 0.05) is 25.2 Å². The van der Waals surface area contributed by atoms with Gasteiger partial charge in [0.15, 0.2) is 0 Å². The second kappa shape index (κ2) is 8.96. The fourth-order valence-corrected chi connectivity index (χ4v) is 5.02. The number of amides is 1. The Morgan fingerprint density at radius 3 is 2.48 bits per heavy atom. The van der Waals surface area contributed by atoms with Gasteiger partial charge in [-0.3, -0.25) is 4.79 Å². The first-order chi connectivity index (χ1) is 13.8. The number of carbonyl (C=O) groups excluding carboxylic acids is 1. The van der Waals surface area contributed by atoms with Gasteiger partial charge in [-0.25, -0.2) is 8.42 Å². The summed E-state index contributed by atoms with van der Waals surface area (Å²) in [5, 5.41) is 6.67. The van der Waals surface area contributed by atoms with Crippen LogP contribution in [0.15, 0.2) is 27.6 Å². The van der Waals surface area contributed by atoms with Crippen molar-refractivity contribution in [3.63, 3.8) is 0 Å². The van der Waals surface area contributed by atoms with Crippen LogP contribution in [0.5, 0.6) is 5.75 Å². The number of sulfonamides is 1. The van der Waals surface area contributed by atoms with Crippen LogP contribution in [-0.2, 0) is 16.6 Å². The Labute approximate surface area is 171 Å². The van der Waals surface area contributed by atoms with Gasteiger partial charge in [-0.2, -0.15) is 4.31 Å². The third-order valence-corrected chi connectivity index (χ3v) is 7.12. The molecule has 29 heavy (non-hydrogen) atoms. The maximum Gasteiger partial charge on any atom is 0.255 e.